The zero-order valence-corrected chi connectivity index (χ0v) is 26.4. The lowest BCUT2D eigenvalue weighted by Crippen LogP contribution is -2.15. The van der Waals surface area contributed by atoms with Crippen molar-refractivity contribution in [2.24, 2.45) is 0 Å². The molecule has 0 fully saturated rings. The summed E-state index contributed by atoms with van der Waals surface area (Å²) in [6, 6.07) is 0. The van der Waals surface area contributed by atoms with E-state index in [0.717, 1.165) is 12.8 Å². The molecule has 0 aromatic carbocycles. The molecular weight excluding hydrogens is 528 g/mol. The topological polar surface area (TPSA) is 102 Å². The first-order valence-electron chi connectivity index (χ1n) is 16.5. The molecule has 0 amide bonds. The molecule has 0 rings (SSSR count). The van der Waals surface area contributed by atoms with Crippen LogP contribution in [0.1, 0.15) is 110 Å². The van der Waals surface area contributed by atoms with E-state index < -0.39 is 0 Å². The Labute approximate surface area is 251 Å². The number of aliphatic hydroxyl groups is 1. The third-order valence-electron chi connectivity index (χ3n) is 6.57. The molecule has 41 heavy (non-hydrogen) atoms. The van der Waals surface area contributed by atoms with Gasteiger partial charge < -0.3 is 38.3 Å². The quantitative estimate of drug-likeness (QED) is 0.0705. The van der Waals surface area contributed by atoms with Crippen molar-refractivity contribution in [2.45, 2.75) is 110 Å². The number of esters is 1. The third kappa shape index (κ3) is 37.2. The van der Waals surface area contributed by atoms with Crippen LogP contribution < -0.4 is 0 Å². The van der Waals surface area contributed by atoms with Gasteiger partial charge in [-0.05, 0) is 6.42 Å². The van der Waals surface area contributed by atoms with Crippen molar-refractivity contribution in [1.29, 1.82) is 0 Å². The van der Waals surface area contributed by atoms with Crippen molar-refractivity contribution < 1.29 is 43.1 Å². The van der Waals surface area contributed by atoms with E-state index in [0.29, 0.717) is 92.3 Å². The number of hydrogen-bond acceptors (Lipinski definition) is 9. The number of rotatable bonds is 36. The van der Waals surface area contributed by atoms with Gasteiger partial charge in [0.1, 0.15) is 6.61 Å². The largest absolute Gasteiger partial charge is 0.463 e. The van der Waals surface area contributed by atoms with E-state index in [4.69, 9.17) is 38.3 Å². The molecule has 0 aliphatic rings. The van der Waals surface area contributed by atoms with E-state index in [1.165, 1.54) is 83.5 Å². The van der Waals surface area contributed by atoms with Gasteiger partial charge in [0.25, 0.3) is 0 Å². The van der Waals surface area contributed by atoms with Crippen molar-refractivity contribution >= 4 is 5.97 Å². The van der Waals surface area contributed by atoms with Gasteiger partial charge in [-0.3, -0.25) is 4.79 Å². The Balaban J connectivity index is 3.14. The second-order valence-corrected chi connectivity index (χ2v) is 10.3. The average molecular weight is 593 g/mol. The lowest BCUT2D eigenvalue weighted by molar-refractivity contribution is -0.145. The Morgan fingerprint density at radius 2 is 0.707 bits per heavy atom. The van der Waals surface area contributed by atoms with Crippen molar-refractivity contribution in [2.75, 3.05) is 92.5 Å². The van der Waals surface area contributed by atoms with Crippen molar-refractivity contribution in [3.8, 4) is 0 Å². The molecule has 0 aliphatic carbocycles. The Morgan fingerprint density at radius 3 is 1.05 bits per heavy atom. The van der Waals surface area contributed by atoms with Crippen LogP contribution in [0, 0.1) is 0 Å². The van der Waals surface area contributed by atoms with Gasteiger partial charge in [-0.15, -0.1) is 0 Å². The van der Waals surface area contributed by atoms with E-state index in [1.807, 2.05) is 0 Å². The van der Waals surface area contributed by atoms with Gasteiger partial charge in [-0.25, -0.2) is 0 Å². The predicted octanol–water partition coefficient (Wildman–Crippen LogP) is 5.88. The SMILES string of the molecule is CCCCCCCCCCCCCCCCCC(=O)OCCOCCOCCOCCOCCOCCOCCO. The molecule has 0 aromatic heterocycles. The Kier molecular flexibility index (Phi) is 36.5. The molecule has 0 spiro atoms. The molecule has 0 aromatic rings. The number of hydrogen-bond donors (Lipinski definition) is 1. The summed E-state index contributed by atoms with van der Waals surface area (Å²) in [7, 11) is 0. The highest BCUT2D eigenvalue weighted by atomic mass is 16.6. The molecule has 0 bridgehead atoms. The molecule has 0 saturated heterocycles. The highest BCUT2D eigenvalue weighted by Crippen LogP contribution is 2.13. The van der Waals surface area contributed by atoms with E-state index in [9.17, 15) is 4.79 Å². The first-order chi connectivity index (χ1) is 20.3. The summed E-state index contributed by atoms with van der Waals surface area (Å²) in [5.41, 5.74) is 0. The fraction of sp³-hybridized carbons (Fsp3) is 0.969. The van der Waals surface area contributed by atoms with Gasteiger partial charge in [0.15, 0.2) is 0 Å². The molecule has 9 heteroatoms. The Hall–Kier alpha value is -0.810. The van der Waals surface area contributed by atoms with Crippen molar-refractivity contribution in [3.63, 3.8) is 0 Å². The summed E-state index contributed by atoms with van der Waals surface area (Å²) in [4.78, 5) is 11.8. The highest BCUT2D eigenvalue weighted by Gasteiger charge is 2.03. The molecule has 0 heterocycles. The zero-order valence-electron chi connectivity index (χ0n) is 26.4. The minimum Gasteiger partial charge on any atom is -0.463 e. The third-order valence-corrected chi connectivity index (χ3v) is 6.57. The van der Waals surface area contributed by atoms with Gasteiger partial charge in [-0.2, -0.15) is 0 Å². The van der Waals surface area contributed by atoms with Crippen LogP contribution in [0.3, 0.4) is 0 Å². The molecule has 0 saturated carbocycles. The minimum absolute atomic E-state index is 0.0280. The number of unbranched alkanes of at least 4 members (excludes halogenated alkanes) is 14. The zero-order chi connectivity index (χ0) is 29.7. The lowest BCUT2D eigenvalue weighted by Gasteiger charge is -2.08. The first-order valence-corrected chi connectivity index (χ1v) is 16.5. The number of carbonyl (C=O) groups excluding carboxylic acids is 1. The van der Waals surface area contributed by atoms with Crippen LogP contribution in [0.4, 0.5) is 0 Å². The van der Waals surface area contributed by atoms with Crippen LogP contribution in [-0.4, -0.2) is 104 Å². The minimum atomic E-state index is -0.128. The summed E-state index contributed by atoms with van der Waals surface area (Å²) in [5, 5.41) is 8.57. The van der Waals surface area contributed by atoms with Crippen molar-refractivity contribution in [3.05, 3.63) is 0 Å². The Morgan fingerprint density at radius 1 is 0.415 bits per heavy atom. The van der Waals surface area contributed by atoms with Crippen LogP contribution >= 0.6 is 0 Å². The van der Waals surface area contributed by atoms with Gasteiger partial charge in [-0.1, -0.05) is 96.8 Å². The average Bonchev–Trinajstić information content (AvgIpc) is 2.98. The molecule has 0 atom stereocenters. The van der Waals surface area contributed by atoms with Crippen LogP contribution in [0.2, 0.25) is 0 Å². The van der Waals surface area contributed by atoms with Crippen LogP contribution in [0.25, 0.3) is 0 Å². The van der Waals surface area contributed by atoms with Gasteiger partial charge in [0.2, 0.25) is 0 Å². The van der Waals surface area contributed by atoms with Crippen LogP contribution in [0.5, 0.6) is 0 Å². The van der Waals surface area contributed by atoms with Gasteiger partial charge in [0, 0.05) is 6.42 Å². The maximum Gasteiger partial charge on any atom is 0.305 e. The Bertz CT molecular complexity index is 494. The monoisotopic (exact) mass is 592 g/mol. The normalized spacial score (nSPS) is 11.4. The summed E-state index contributed by atoms with van der Waals surface area (Å²) in [6.07, 6.45) is 20.3. The molecule has 0 aliphatic heterocycles. The lowest BCUT2D eigenvalue weighted by atomic mass is 10.0. The van der Waals surface area contributed by atoms with E-state index in [2.05, 4.69) is 6.92 Å². The predicted molar refractivity (Wildman–Crippen MR) is 163 cm³/mol. The van der Waals surface area contributed by atoms with Gasteiger partial charge in [0.05, 0.1) is 85.9 Å². The van der Waals surface area contributed by atoms with Crippen LogP contribution in [0.15, 0.2) is 0 Å². The maximum atomic E-state index is 11.8. The smallest absolute Gasteiger partial charge is 0.305 e. The summed E-state index contributed by atoms with van der Waals surface area (Å²) in [5.74, 6) is -0.128. The van der Waals surface area contributed by atoms with E-state index in [1.54, 1.807) is 0 Å². The van der Waals surface area contributed by atoms with Crippen molar-refractivity contribution in [1.82, 2.24) is 0 Å². The van der Waals surface area contributed by atoms with E-state index >= 15 is 0 Å². The highest BCUT2D eigenvalue weighted by molar-refractivity contribution is 5.69. The van der Waals surface area contributed by atoms with Gasteiger partial charge >= 0.3 is 5.97 Å². The fourth-order valence-corrected chi connectivity index (χ4v) is 4.19. The standard InChI is InChI=1S/C32H64O9/c1-2-3-4-5-6-7-8-9-10-11-12-13-14-15-16-17-32(34)41-31-30-40-29-28-39-27-26-38-25-24-37-23-22-36-21-20-35-19-18-33/h33H,2-31H2,1H3. The molecule has 0 unspecified atom stereocenters. The number of aliphatic hydroxyl groups excluding tert-OH is 1. The molecule has 9 nitrogen and oxygen atoms in total. The molecule has 0 radical (unpaired) electrons. The maximum absolute atomic E-state index is 11.8. The summed E-state index contributed by atoms with van der Waals surface area (Å²) >= 11 is 0. The second-order valence-electron chi connectivity index (χ2n) is 10.3. The second kappa shape index (κ2) is 37.2. The van der Waals surface area contributed by atoms with Crippen LogP contribution in [-0.2, 0) is 38.0 Å². The summed E-state index contributed by atoms with van der Waals surface area (Å²) < 4.78 is 37.4. The number of ether oxygens (including phenoxy) is 7. The first kappa shape index (κ1) is 40.2. The summed E-state index contributed by atoms with van der Waals surface area (Å²) in [6.45, 7) is 8.24. The molecular formula is C32H64O9. The fourth-order valence-electron chi connectivity index (χ4n) is 4.19. The molecule has 246 valence electrons. The molecule has 1 N–H and O–H groups in total. The van der Waals surface area contributed by atoms with E-state index in [-0.39, 0.29) is 12.6 Å². The number of carbonyl (C=O) groups is 1.